The molecule has 0 aliphatic rings. The van der Waals surface area contributed by atoms with E-state index in [0.29, 0.717) is 22.3 Å². The number of carboxylic acid groups (broad SMARTS) is 2. The van der Waals surface area contributed by atoms with Gasteiger partial charge in [-0.05, 0) is 23.3 Å². The van der Waals surface area contributed by atoms with Gasteiger partial charge in [0, 0.05) is 34.8 Å². The number of methoxy groups -OCH3 is 2. The van der Waals surface area contributed by atoms with Gasteiger partial charge < -0.3 is 19.7 Å². The molecule has 200 valence electrons. The van der Waals surface area contributed by atoms with Gasteiger partial charge in [-0.3, -0.25) is 19.2 Å². The molecule has 0 spiro atoms. The van der Waals surface area contributed by atoms with Gasteiger partial charge in [-0.15, -0.1) is 0 Å². The van der Waals surface area contributed by atoms with E-state index in [1.807, 2.05) is 0 Å². The Hall–Kier alpha value is -3.68. The van der Waals surface area contributed by atoms with Gasteiger partial charge in [0.2, 0.25) is 0 Å². The molecule has 8 heteroatoms. The molecule has 2 aromatic carbocycles. The van der Waals surface area contributed by atoms with E-state index in [1.54, 1.807) is 53.7 Å². The van der Waals surface area contributed by atoms with Crippen LogP contribution in [0.5, 0.6) is 11.5 Å². The molecule has 0 saturated heterocycles. The molecular weight excluding hydrogens is 476 g/mol. The number of ketones is 2. The number of rotatable bonds is 10. The fourth-order valence-corrected chi connectivity index (χ4v) is 4.04. The Kier molecular flexibility index (Phi) is 8.58. The van der Waals surface area contributed by atoms with Crippen molar-refractivity contribution < 1.29 is 38.9 Å². The number of benzene rings is 2. The molecule has 2 aromatic rings. The molecule has 0 atom stereocenters. The van der Waals surface area contributed by atoms with E-state index in [9.17, 15) is 29.4 Å². The van der Waals surface area contributed by atoms with E-state index in [1.165, 1.54) is 38.5 Å². The number of carbonyl (C=O) groups excluding carboxylic acids is 2. The summed E-state index contributed by atoms with van der Waals surface area (Å²) in [6.45, 7) is 10.7. The van der Waals surface area contributed by atoms with Crippen molar-refractivity contribution >= 4 is 23.5 Å². The Morgan fingerprint density at radius 1 is 0.649 bits per heavy atom. The first kappa shape index (κ1) is 29.5. The molecule has 0 aliphatic heterocycles. The number of aliphatic carboxylic acids is 2. The van der Waals surface area contributed by atoms with Crippen molar-refractivity contribution in [3.05, 3.63) is 58.7 Å². The van der Waals surface area contributed by atoms with Crippen LogP contribution < -0.4 is 9.47 Å². The third kappa shape index (κ3) is 6.37. The highest BCUT2D eigenvalue weighted by Crippen LogP contribution is 2.37. The fourth-order valence-electron chi connectivity index (χ4n) is 4.04. The van der Waals surface area contributed by atoms with E-state index in [4.69, 9.17) is 9.47 Å². The molecule has 0 aromatic heterocycles. The van der Waals surface area contributed by atoms with E-state index < -0.39 is 41.0 Å². The molecule has 2 rings (SSSR count). The first-order chi connectivity index (χ1) is 17.0. The second kappa shape index (κ2) is 10.7. The number of hydrogen-bond donors (Lipinski definition) is 2. The molecule has 8 nitrogen and oxygen atoms in total. The van der Waals surface area contributed by atoms with Crippen molar-refractivity contribution in [2.75, 3.05) is 14.2 Å². The summed E-state index contributed by atoms with van der Waals surface area (Å²) in [5.41, 5.74) is -2.14. The van der Waals surface area contributed by atoms with Crippen molar-refractivity contribution in [1.82, 2.24) is 0 Å². The summed E-state index contributed by atoms with van der Waals surface area (Å²) < 4.78 is 10.8. The van der Waals surface area contributed by atoms with Gasteiger partial charge in [0.15, 0.2) is 17.0 Å². The van der Waals surface area contributed by atoms with Crippen LogP contribution in [-0.2, 0) is 22.4 Å². The molecule has 0 radical (unpaired) electrons. The summed E-state index contributed by atoms with van der Waals surface area (Å²) in [4.78, 5) is 50.5. The van der Waals surface area contributed by atoms with Crippen LogP contribution in [0.4, 0.5) is 0 Å². The number of ether oxygens (including phenoxy) is 2. The predicted octanol–water partition coefficient (Wildman–Crippen LogP) is 5.10. The molecule has 37 heavy (non-hydrogen) atoms. The summed E-state index contributed by atoms with van der Waals surface area (Å²) >= 11 is 0. The fraction of sp³-hybridized carbons (Fsp3) is 0.448. The summed E-state index contributed by atoms with van der Waals surface area (Å²) in [5, 5.41) is 20.3. The largest absolute Gasteiger partial charge is 0.496 e. The maximum absolute atomic E-state index is 12.7. The molecule has 0 aliphatic carbocycles. The number of hydrogen-bond acceptors (Lipinski definition) is 6. The molecule has 0 amide bonds. The van der Waals surface area contributed by atoms with Crippen LogP contribution in [0.25, 0.3) is 0 Å². The summed E-state index contributed by atoms with van der Waals surface area (Å²) in [6, 6.07) is 9.16. The molecule has 0 heterocycles. The summed E-state index contributed by atoms with van der Waals surface area (Å²) in [6.07, 6.45) is -0.812. The molecule has 0 saturated carbocycles. The zero-order valence-corrected chi connectivity index (χ0v) is 22.7. The lowest BCUT2D eigenvalue weighted by molar-refractivity contribution is -0.164. The topological polar surface area (TPSA) is 127 Å². The highest BCUT2D eigenvalue weighted by molar-refractivity contribution is 6.02. The summed E-state index contributed by atoms with van der Waals surface area (Å²) in [7, 11) is 2.75. The monoisotopic (exact) mass is 512 g/mol. The lowest BCUT2D eigenvalue weighted by Crippen LogP contribution is -2.43. The highest BCUT2D eigenvalue weighted by Gasteiger charge is 2.48. The molecular formula is C29H36O8. The van der Waals surface area contributed by atoms with Gasteiger partial charge in [0.25, 0.3) is 0 Å². The Morgan fingerprint density at radius 2 is 0.973 bits per heavy atom. The Labute approximate surface area is 217 Å². The molecule has 2 N–H and O–H groups in total. The van der Waals surface area contributed by atoms with Crippen LogP contribution >= 0.6 is 0 Å². The van der Waals surface area contributed by atoms with Crippen LogP contribution in [0.2, 0.25) is 0 Å². The smallest absolute Gasteiger partial charge is 0.321 e. The van der Waals surface area contributed by atoms with Gasteiger partial charge in [0.05, 0.1) is 14.2 Å². The molecule has 0 unspecified atom stereocenters. The van der Waals surface area contributed by atoms with E-state index in [2.05, 4.69) is 0 Å². The van der Waals surface area contributed by atoms with Crippen LogP contribution in [0.3, 0.4) is 0 Å². The van der Waals surface area contributed by atoms with Gasteiger partial charge in [0.1, 0.15) is 11.5 Å². The molecule has 0 bridgehead atoms. The highest BCUT2D eigenvalue weighted by atomic mass is 16.5. The number of Topliss-reactive ketones (excluding diaryl/α,β-unsaturated/α-hetero) is 2. The quantitative estimate of drug-likeness (QED) is 0.332. The Bertz CT molecular complexity index is 1120. The van der Waals surface area contributed by atoms with Gasteiger partial charge in [-0.1, -0.05) is 65.8 Å². The number of carbonyl (C=O) groups is 4. The van der Waals surface area contributed by atoms with Crippen molar-refractivity contribution in [3.63, 3.8) is 0 Å². The third-order valence-corrected chi connectivity index (χ3v) is 6.26. The second-order valence-electron chi connectivity index (χ2n) is 11.3. The van der Waals surface area contributed by atoms with E-state index in [0.717, 1.165) is 0 Å². The van der Waals surface area contributed by atoms with Crippen LogP contribution in [-0.4, -0.2) is 47.9 Å². The van der Waals surface area contributed by atoms with Gasteiger partial charge >= 0.3 is 11.9 Å². The summed E-state index contributed by atoms with van der Waals surface area (Å²) in [5.74, 6) is -2.88. The van der Waals surface area contributed by atoms with Crippen molar-refractivity contribution in [1.29, 1.82) is 0 Å². The Balaban J connectivity index is 2.57. The minimum absolute atomic E-state index is 0.130. The first-order valence-corrected chi connectivity index (χ1v) is 11.9. The second-order valence-corrected chi connectivity index (χ2v) is 11.3. The van der Waals surface area contributed by atoms with Crippen molar-refractivity contribution in [2.24, 2.45) is 16.2 Å². The van der Waals surface area contributed by atoms with E-state index in [-0.39, 0.29) is 23.1 Å². The van der Waals surface area contributed by atoms with Crippen LogP contribution in [0.1, 0.15) is 73.4 Å². The third-order valence-electron chi connectivity index (χ3n) is 6.26. The zero-order chi connectivity index (χ0) is 28.3. The maximum atomic E-state index is 12.7. The predicted molar refractivity (Wildman–Crippen MR) is 139 cm³/mol. The molecule has 0 fully saturated rings. The van der Waals surface area contributed by atoms with Crippen molar-refractivity contribution in [3.8, 4) is 11.5 Å². The minimum atomic E-state index is -2.27. The zero-order valence-electron chi connectivity index (χ0n) is 22.7. The normalized spacial score (nSPS) is 12.1. The average molecular weight is 513 g/mol. The van der Waals surface area contributed by atoms with Crippen molar-refractivity contribution in [2.45, 2.75) is 54.4 Å². The standard InChI is InChI=1S/C29H36O8/c1-27(2,3)23(30)17-9-11-19(21(13-17)36-7)15-29(25(32)33,26(34)35)16-20-12-10-18(14-22(20)37-8)24(31)28(4,5)6/h9-14H,15-16H2,1-8H3,(H,32,33)(H,34,35). The number of carboxylic acids is 2. The lowest BCUT2D eigenvalue weighted by atomic mass is 9.75. The first-order valence-electron chi connectivity index (χ1n) is 11.9. The SMILES string of the molecule is COc1cc(C(=O)C(C)(C)C)ccc1CC(Cc1ccc(C(=O)C(C)(C)C)cc1OC)(C(=O)O)C(=O)O. The van der Waals surface area contributed by atoms with Crippen LogP contribution in [0.15, 0.2) is 36.4 Å². The maximum Gasteiger partial charge on any atom is 0.321 e. The van der Waals surface area contributed by atoms with Gasteiger partial charge in [-0.25, -0.2) is 0 Å². The Morgan fingerprint density at radius 3 is 1.22 bits per heavy atom. The average Bonchev–Trinajstić information content (AvgIpc) is 2.81. The minimum Gasteiger partial charge on any atom is -0.496 e. The lowest BCUT2D eigenvalue weighted by Gasteiger charge is -2.27. The van der Waals surface area contributed by atoms with Gasteiger partial charge in [-0.2, -0.15) is 0 Å². The van der Waals surface area contributed by atoms with E-state index >= 15 is 0 Å². The van der Waals surface area contributed by atoms with Crippen LogP contribution in [0, 0.1) is 16.2 Å².